The maximum absolute atomic E-state index is 10.7. The summed E-state index contributed by atoms with van der Waals surface area (Å²) in [5.74, 6) is 2.97. The predicted octanol–water partition coefficient (Wildman–Crippen LogP) is 3.77. The fourth-order valence-corrected chi connectivity index (χ4v) is 5.34. The van der Waals surface area contributed by atoms with Crippen LogP contribution in [0.4, 0.5) is 0 Å². The minimum absolute atomic E-state index is 0.0795. The van der Waals surface area contributed by atoms with Crippen LogP contribution in [-0.4, -0.2) is 22.4 Å². The van der Waals surface area contributed by atoms with Gasteiger partial charge in [-0.3, -0.25) is 0 Å². The van der Waals surface area contributed by atoms with Crippen LogP contribution in [0.3, 0.4) is 0 Å². The zero-order valence-corrected chi connectivity index (χ0v) is 13.0. The molecule has 2 nitrogen and oxygen atoms in total. The summed E-state index contributed by atoms with van der Waals surface area (Å²) >= 11 is 0. The molecule has 1 heterocycles. The van der Waals surface area contributed by atoms with Crippen LogP contribution in [0.1, 0.15) is 66.2 Å². The third-order valence-corrected chi connectivity index (χ3v) is 6.04. The van der Waals surface area contributed by atoms with Gasteiger partial charge in [0, 0.05) is 5.92 Å². The van der Waals surface area contributed by atoms with Crippen LogP contribution >= 0.6 is 0 Å². The SMILES string of the molecule is CC1(C)CC(C(O)CC2CC3CCC2C3)C(C)(C)O1. The van der Waals surface area contributed by atoms with Gasteiger partial charge in [-0.2, -0.15) is 0 Å². The summed E-state index contributed by atoms with van der Waals surface area (Å²) in [6.45, 7) is 8.60. The Labute approximate surface area is 117 Å². The van der Waals surface area contributed by atoms with E-state index in [9.17, 15) is 5.11 Å². The first kappa shape index (κ1) is 13.9. The summed E-state index contributed by atoms with van der Waals surface area (Å²) in [6, 6.07) is 0. The van der Waals surface area contributed by atoms with E-state index in [2.05, 4.69) is 27.7 Å². The van der Waals surface area contributed by atoms with Gasteiger partial charge in [0.2, 0.25) is 0 Å². The molecule has 0 aromatic heterocycles. The Morgan fingerprint density at radius 1 is 1.16 bits per heavy atom. The summed E-state index contributed by atoms with van der Waals surface area (Å²) in [5.41, 5.74) is -0.260. The molecule has 2 bridgehead atoms. The van der Waals surface area contributed by atoms with Crippen LogP contribution in [0.2, 0.25) is 0 Å². The Bertz CT molecular complexity index is 347. The van der Waals surface area contributed by atoms with Crippen molar-refractivity contribution in [1.82, 2.24) is 0 Å². The highest BCUT2D eigenvalue weighted by molar-refractivity contribution is 4.99. The molecule has 2 aliphatic carbocycles. The summed E-state index contributed by atoms with van der Waals surface area (Å²) in [4.78, 5) is 0. The Morgan fingerprint density at radius 3 is 2.37 bits per heavy atom. The Morgan fingerprint density at radius 2 is 1.89 bits per heavy atom. The van der Waals surface area contributed by atoms with Crippen LogP contribution < -0.4 is 0 Å². The Balaban J connectivity index is 1.63. The average molecular weight is 266 g/mol. The molecular weight excluding hydrogens is 236 g/mol. The smallest absolute Gasteiger partial charge is 0.0687 e. The molecule has 0 radical (unpaired) electrons. The average Bonchev–Trinajstić information content (AvgIpc) is 2.90. The molecule has 0 spiro atoms. The first-order valence-corrected chi connectivity index (χ1v) is 8.15. The van der Waals surface area contributed by atoms with Crippen LogP contribution in [0.25, 0.3) is 0 Å². The molecule has 3 fully saturated rings. The molecule has 19 heavy (non-hydrogen) atoms. The van der Waals surface area contributed by atoms with E-state index in [0.717, 1.165) is 30.6 Å². The zero-order chi connectivity index (χ0) is 13.8. The van der Waals surface area contributed by atoms with Gasteiger partial charge in [0.15, 0.2) is 0 Å². The molecule has 2 saturated carbocycles. The van der Waals surface area contributed by atoms with Gasteiger partial charge < -0.3 is 9.84 Å². The van der Waals surface area contributed by atoms with Gasteiger partial charge in [0.25, 0.3) is 0 Å². The van der Waals surface area contributed by atoms with E-state index in [1.54, 1.807) is 0 Å². The van der Waals surface area contributed by atoms with Gasteiger partial charge in [-0.1, -0.05) is 6.42 Å². The van der Waals surface area contributed by atoms with E-state index >= 15 is 0 Å². The third kappa shape index (κ3) is 2.58. The van der Waals surface area contributed by atoms with E-state index in [1.807, 2.05) is 0 Å². The van der Waals surface area contributed by atoms with Gasteiger partial charge in [-0.25, -0.2) is 0 Å². The van der Waals surface area contributed by atoms with Crippen molar-refractivity contribution in [2.24, 2.45) is 23.7 Å². The monoisotopic (exact) mass is 266 g/mol. The number of aliphatic hydroxyl groups is 1. The van der Waals surface area contributed by atoms with Gasteiger partial charge >= 0.3 is 0 Å². The maximum Gasteiger partial charge on any atom is 0.0687 e. The second-order valence-electron chi connectivity index (χ2n) is 8.51. The van der Waals surface area contributed by atoms with Crippen molar-refractivity contribution < 1.29 is 9.84 Å². The Kier molecular flexibility index (Phi) is 3.26. The molecule has 110 valence electrons. The van der Waals surface area contributed by atoms with E-state index in [-0.39, 0.29) is 17.3 Å². The second kappa shape index (κ2) is 4.46. The van der Waals surface area contributed by atoms with Gasteiger partial charge in [-0.15, -0.1) is 0 Å². The summed E-state index contributed by atoms with van der Waals surface area (Å²) in [6.07, 6.45) is 7.49. The fourth-order valence-electron chi connectivity index (χ4n) is 5.34. The highest BCUT2D eigenvalue weighted by atomic mass is 16.5. The van der Waals surface area contributed by atoms with Crippen LogP contribution in [0.15, 0.2) is 0 Å². The normalized spacial score (nSPS) is 44.7. The lowest BCUT2D eigenvalue weighted by atomic mass is 9.77. The molecule has 5 unspecified atom stereocenters. The fraction of sp³-hybridized carbons (Fsp3) is 1.00. The van der Waals surface area contributed by atoms with Crippen molar-refractivity contribution in [2.75, 3.05) is 0 Å². The number of fused-ring (bicyclic) bond motifs is 2. The number of hydrogen-bond acceptors (Lipinski definition) is 2. The molecule has 0 aromatic rings. The Hall–Kier alpha value is -0.0800. The molecule has 0 aromatic carbocycles. The number of ether oxygens (including phenoxy) is 1. The molecule has 0 amide bonds. The van der Waals surface area contributed by atoms with E-state index in [1.165, 1.54) is 25.7 Å². The predicted molar refractivity (Wildman–Crippen MR) is 76.9 cm³/mol. The first-order valence-electron chi connectivity index (χ1n) is 8.15. The lowest BCUT2D eigenvalue weighted by Gasteiger charge is -2.33. The van der Waals surface area contributed by atoms with Crippen LogP contribution in [0.5, 0.6) is 0 Å². The van der Waals surface area contributed by atoms with Gasteiger partial charge in [0.05, 0.1) is 17.3 Å². The lowest BCUT2D eigenvalue weighted by Crippen LogP contribution is -2.37. The number of aliphatic hydroxyl groups excluding tert-OH is 1. The molecule has 2 heteroatoms. The molecule has 1 aliphatic heterocycles. The number of hydrogen-bond donors (Lipinski definition) is 1. The van der Waals surface area contributed by atoms with Gasteiger partial charge in [-0.05, 0) is 77.6 Å². The highest BCUT2D eigenvalue weighted by Crippen LogP contribution is 2.52. The summed E-state index contributed by atoms with van der Waals surface area (Å²) in [5, 5.41) is 10.7. The van der Waals surface area contributed by atoms with Crippen LogP contribution in [-0.2, 0) is 4.74 Å². The summed E-state index contributed by atoms with van der Waals surface area (Å²) in [7, 11) is 0. The molecule has 3 rings (SSSR count). The third-order valence-electron chi connectivity index (χ3n) is 6.04. The van der Waals surface area contributed by atoms with Crippen molar-refractivity contribution in [1.29, 1.82) is 0 Å². The maximum atomic E-state index is 10.7. The van der Waals surface area contributed by atoms with Crippen molar-refractivity contribution in [3.05, 3.63) is 0 Å². The lowest BCUT2D eigenvalue weighted by molar-refractivity contribution is -0.0899. The topological polar surface area (TPSA) is 29.5 Å². The molecule has 5 atom stereocenters. The van der Waals surface area contributed by atoms with Crippen molar-refractivity contribution >= 4 is 0 Å². The zero-order valence-electron chi connectivity index (χ0n) is 13.0. The quantitative estimate of drug-likeness (QED) is 0.842. The van der Waals surface area contributed by atoms with Gasteiger partial charge in [0.1, 0.15) is 0 Å². The van der Waals surface area contributed by atoms with Crippen molar-refractivity contribution in [3.8, 4) is 0 Å². The molecule has 1 saturated heterocycles. The number of rotatable bonds is 3. The van der Waals surface area contributed by atoms with E-state index in [0.29, 0.717) is 5.92 Å². The van der Waals surface area contributed by atoms with Crippen LogP contribution in [0, 0.1) is 23.7 Å². The first-order chi connectivity index (χ1) is 8.77. The molecule has 1 N–H and O–H groups in total. The standard InChI is InChI=1S/C17H30O2/c1-16(2)10-14(17(3,4)19-16)15(18)9-13-8-11-5-6-12(13)7-11/h11-15,18H,5-10H2,1-4H3. The van der Waals surface area contributed by atoms with Crippen molar-refractivity contribution in [2.45, 2.75) is 83.5 Å². The largest absolute Gasteiger partial charge is 0.393 e. The molecule has 3 aliphatic rings. The molecular formula is C17H30O2. The van der Waals surface area contributed by atoms with E-state index in [4.69, 9.17) is 4.74 Å². The van der Waals surface area contributed by atoms with E-state index < -0.39 is 0 Å². The minimum Gasteiger partial charge on any atom is -0.393 e. The highest BCUT2D eigenvalue weighted by Gasteiger charge is 2.50. The minimum atomic E-state index is -0.180. The van der Waals surface area contributed by atoms with Crippen molar-refractivity contribution in [3.63, 3.8) is 0 Å². The second-order valence-corrected chi connectivity index (χ2v) is 8.51. The summed E-state index contributed by atoms with van der Waals surface area (Å²) < 4.78 is 6.14.